The molecule has 0 bridgehead atoms. The monoisotopic (exact) mass is 506 g/mol. The van der Waals surface area contributed by atoms with Gasteiger partial charge < -0.3 is 14.5 Å². The summed E-state index contributed by atoms with van der Waals surface area (Å²) in [6.45, 7) is 7.68. The van der Waals surface area contributed by atoms with Crippen molar-refractivity contribution in [3.8, 4) is 11.8 Å². The van der Waals surface area contributed by atoms with Gasteiger partial charge in [0.1, 0.15) is 5.75 Å². The van der Waals surface area contributed by atoms with Gasteiger partial charge in [-0.15, -0.1) is 5.10 Å². The lowest BCUT2D eigenvalue weighted by atomic mass is 10.2. The van der Waals surface area contributed by atoms with Crippen LogP contribution < -0.4 is 14.4 Å². The van der Waals surface area contributed by atoms with Gasteiger partial charge in [0.2, 0.25) is 10.0 Å². The number of hydrogen-bond donors (Lipinski definition) is 1. The van der Waals surface area contributed by atoms with Gasteiger partial charge in [0.05, 0.1) is 10.9 Å². The van der Waals surface area contributed by atoms with Crippen molar-refractivity contribution in [1.82, 2.24) is 24.4 Å². The van der Waals surface area contributed by atoms with Gasteiger partial charge in [0, 0.05) is 44.5 Å². The molecule has 4 rings (SSSR count). The Kier molecular flexibility index (Phi) is 7.33. The third-order valence-electron chi connectivity index (χ3n) is 5.88. The van der Waals surface area contributed by atoms with Gasteiger partial charge in [-0.3, -0.25) is 4.57 Å². The molecule has 188 valence electrons. The third kappa shape index (κ3) is 5.60. The number of halogens is 2. The lowest BCUT2D eigenvalue weighted by molar-refractivity contribution is 0.312. The molecule has 9 nitrogen and oxygen atoms in total. The lowest BCUT2D eigenvalue weighted by Gasteiger charge is -2.34. The number of benzene rings is 2. The van der Waals surface area contributed by atoms with Crippen molar-refractivity contribution in [2.24, 2.45) is 0 Å². The first kappa shape index (κ1) is 25.0. The Morgan fingerprint density at radius 2 is 1.80 bits per heavy atom. The van der Waals surface area contributed by atoms with E-state index in [9.17, 15) is 17.2 Å². The first-order valence-electron chi connectivity index (χ1n) is 11.3. The van der Waals surface area contributed by atoms with Crippen molar-refractivity contribution in [3.63, 3.8) is 0 Å². The van der Waals surface area contributed by atoms with E-state index in [0.717, 1.165) is 44.0 Å². The molecule has 0 saturated carbocycles. The van der Waals surface area contributed by atoms with E-state index in [4.69, 9.17) is 4.74 Å². The Hall–Kier alpha value is -3.09. The number of nitrogens with zero attached hydrogens (tertiary/aromatic N) is 5. The average molecular weight is 507 g/mol. The molecule has 1 N–H and O–H groups in total. The van der Waals surface area contributed by atoms with E-state index < -0.39 is 27.7 Å². The highest BCUT2D eigenvalue weighted by atomic mass is 32.2. The van der Waals surface area contributed by atoms with Gasteiger partial charge in [-0.25, -0.2) is 21.9 Å². The summed E-state index contributed by atoms with van der Waals surface area (Å²) >= 11 is 0. The second-order valence-corrected chi connectivity index (χ2v) is 10.1. The molecule has 12 heteroatoms. The second-order valence-electron chi connectivity index (χ2n) is 8.39. The largest absolute Gasteiger partial charge is 0.424 e. The smallest absolute Gasteiger partial charge is 0.322 e. The summed E-state index contributed by atoms with van der Waals surface area (Å²) in [6, 6.07) is 9.52. The van der Waals surface area contributed by atoms with Crippen molar-refractivity contribution >= 4 is 15.7 Å². The fourth-order valence-electron chi connectivity index (χ4n) is 3.90. The number of ether oxygens (including phenoxy) is 1. The number of sulfonamides is 1. The summed E-state index contributed by atoms with van der Waals surface area (Å²) in [5.41, 5.74) is 1.05. The number of hydrogen-bond acceptors (Lipinski definition) is 7. The van der Waals surface area contributed by atoms with Crippen LogP contribution >= 0.6 is 0 Å². The van der Waals surface area contributed by atoms with Crippen LogP contribution in [0.2, 0.25) is 0 Å². The van der Waals surface area contributed by atoms with Crippen LogP contribution in [-0.2, 0) is 16.6 Å². The first-order valence-corrected chi connectivity index (χ1v) is 12.8. The molecule has 1 aliphatic heterocycles. The van der Waals surface area contributed by atoms with Gasteiger partial charge in [-0.1, -0.05) is 11.2 Å². The van der Waals surface area contributed by atoms with Crippen LogP contribution in [0.1, 0.15) is 25.7 Å². The molecule has 1 saturated heterocycles. The van der Waals surface area contributed by atoms with Crippen LogP contribution in [0.3, 0.4) is 0 Å². The van der Waals surface area contributed by atoms with Gasteiger partial charge >= 0.3 is 6.01 Å². The molecule has 1 fully saturated rings. The highest BCUT2D eigenvalue weighted by molar-refractivity contribution is 7.89. The molecular weight excluding hydrogens is 478 g/mol. The molecule has 0 aliphatic carbocycles. The Bertz CT molecular complexity index is 1290. The zero-order valence-corrected chi connectivity index (χ0v) is 20.6. The summed E-state index contributed by atoms with van der Waals surface area (Å²) in [6.07, 6.45) is 0. The summed E-state index contributed by atoms with van der Waals surface area (Å²) in [7, 11) is -2.03. The van der Waals surface area contributed by atoms with E-state index in [1.54, 1.807) is 11.5 Å². The van der Waals surface area contributed by atoms with Crippen molar-refractivity contribution in [2.45, 2.75) is 31.3 Å². The lowest BCUT2D eigenvalue weighted by Crippen LogP contribution is -2.44. The first-order chi connectivity index (χ1) is 16.7. The molecule has 3 aromatic rings. The number of rotatable bonds is 8. The quantitative estimate of drug-likeness (QED) is 0.502. The fourth-order valence-corrected chi connectivity index (χ4v) is 5.12. The third-order valence-corrected chi connectivity index (χ3v) is 7.42. The molecule has 1 aliphatic rings. The van der Waals surface area contributed by atoms with Gasteiger partial charge in [0.25, 0.3) is 0 Å². The van der Waals surface area contributed by atoms with Crippen molar-refractivity contribution < 1.29 is 21.9 Å². The molecule has 2 aromatic carbocycles. The van der Waals surface area contributed by atoms with Crippen LogP contribution in [0.5, 0.6) is 11.8 Å². The molecule has 35 heavy (non-hydrogen) atoms. The minimum absolute atomic E-state index is 0.219. The zero-order chi connectivity index (χ0) is 25.2. The van der Waals surface area contributed by atoms with Crippen LogP contribution in [0, 0.1) is 11.6 Å². The Morgan fingerprint density at radius 3 is 2.49 bits per heavy atom. The van der Waals surface area contributed by atoms with Crippen LogP contribution in [-0.4, -0.2) is 61.3 Å². The van der Waals surface area contributed by atoms with Crippen molar-refractivity contribution in [1.29, 1.82) is 0 Å². The SMILES string of the molecule is CCn1c(Oc2cccc(N3CCN(C)CC3)c2)nnc1[C@@H](C)NS(=O)(=O)c1ccc(F)c(F)c1. The number of anilines is 1. The zero-order valence-electron chi connectivity index (χ0n) is 19.8. The minimum atomic E-state index is -4.13. The number of piperazine rings is 1. The molecule has 0 radical (unpaired) electrons. The predicted molar refractivity (Wildman–Crippen MR) is 127 cm³/mol. The van der Waals surface area contributed by atoms with Gasteiger partial charge in [0.15, 0.2) is 17.5 Å². The molecule has 0 amide bonds. The highest BCUT2D eigenvalue weighted by Gasteiger charge is 2.25. The standard InChI is InChI=1S/C23H28F2N6O3S/c1-4-31-22(16(2)28-35(32,33)19-8-9-20(24)21(25)15-19)26-27-23(31)34-18-7-5-6-17(14-18)30-12-10-29(3)11-13-30/h5-9,14-16,28H,4,10-13H2,1-3H3/t16-/m1/s1. The normalized spacial score (nSPS) is 15.9. The average Bonchev–Trinajstić information content (AvgIpc) is 3.23. The molecule has 1 aromatic heterocycles. The number of aromatic nitrogens is 3. The Labute approximate surface area is 203 Å². The topological polar surface area (TPSA) is 92.6 Å². The summed E-state index contributed by atoms with van der Waals surface area (Å²) < 4.78 is 62.2. The molecule has 1 atom stereocenters. The predicted octanol–water partition coefficient (Wildman–Crippen LogP) is 3.16. The second kappa shape index (κ2) is 10.3. The summed E-state index contributed by atoms with van der Waals surface area (Å²) in [5, 5.41) is 8.23. The Balaban J connectivity index is 1.51. The van der Waals surface area contributed by atoms with E-state index in [2.05, 4.69) is 31.8 Å². The van der Waals surface area contributed by atoms with Crippen molar-refractivity contribution in [3.05, 3.63) is 59.9 Å². The highest BCUT2D eigenvalue weighted by Crippen LogP contribution is 2.28. The maximum Gasteiger partial charge on any atom is 0.322 e. The maximum absolute atomic E-state index is 13.5. The number of nitrogens with one attached hydrogen (secondary N) is 1. The number of likely N-dealkylation sites (N-methyl/N-ethyl adjacent to an activating group) is 1. The van der Waals surface area contributed by atoms with Crippen LogP contribution in [0.4, 0.5) is 14.5 Å². The maximum atomic E-state index is 13.5. The fraction of sp³-hybridized carbons (Fsp3) is 0.391. The summed E-state index contributed by atoms with van der Waals surface area (Å²) in [5.74, 6) is -1.46. The minimum Gasteiger partial charge on any atom is -0.424 e. The molecular formula is C23H28F2N6O3S. The molecule has 0 spiro atoms. The van der Waals surface area contributed by atoms with Crippen LogP contribution in [0.25, 0.3) is 0 Å². The summed E-state index contributed by atoms with van der Waals surface area (Å²) in [4.78, 5) is 4.19. The van der Waals surface area contributed by atoms with E-state index in [1.165, 1.54) is 0 Å². The van der Waals surface area contributed by atoms with Crippen molar-refractivity contribution in [2.75, 3.05) is 38.1 Å². The van der Waals surface area contributed by atoms with Gasteiger partial charge in [-0.2, -0.15) is 0 Å². The van der Waals surface area contributed by atoms with E-state index >= 15 is 0 Å². The molecule has 2 heterocycles. The molecule has 0 unspecified atom stereocenters. The van der Waals surface area contributed by atoms with E-state index in [-0.39, 0.29) is 10.9 Å². The Morgan fingerprint density at radius 1 is 1.06 bits per heavy atom. The van der Waals surface area contributed by atoms with Gasteiger partial charge in [-0.05, 0) is 51.2 Å². The van der Waals surface area contributed by atoms with Crippen LogP contribution in [0.15, 0.2) is 47.4 Å². The van der Waals surface area contributed by atoms with E-state index in [1.807, 2.05) is 31.2 Å². The van der Waals surface area contributed by atoms with E-state index in [0.29, 0.717) is 24.2 Å².